The van der Waals surface area contributed by atoms with Gasteiger partial charge in [-0.15, -0.1) is 0 Å². The highest BCUT2D eigenvalue weighted by Crippen LogP contribution is 2.18. The van der Waals surface area contributed by atoms with Gasteiger partial charge in [0.05, 0.1) is 25.3 Å². The quantitative estimate of drug-likeness (QED) is 0.707. The van der Waals surface area contributed by atoms with Crippen LogP contribution < -0.4 is 5.32 Å². The second-order valence-electron chi connectivity index (χ2n) is 5.48. The highest BCUT2D eigenvalue weighted by atomic mass is 19.1. The normalized spacial score (nSPS) is 10.5. The van der Waals surface area contributed by atoms with Crippen molar-refractivity contribution in [2.24, 2.45) is 0 Å². The second-order valence-corrected chi connectivity index (χ2v) is 5.48. The first kappa shape index (κ1) is 18.1. The van der Waals surface area contributed by atoms with Gasteiger partial charge in [0.25, 0.3) is 5.91 Å². The number of hydrogen-bond acceptors (Lipinski definition) is 6. The summed E-state index contributed by atoms with van der Waals surface area (Å²) >= 11 is 0. The van der Waals surface area contributed by atoms with E-state index in [0.29, 0.717) is 5.65 Å². The predicted octanol–water partition coefficient (Wildman–Crippen LogP) is 2.30. The summed E-state index contributed by atoms with van der Waals surface area (Å²) < 4.78 is 23.9. The Morgan fingerprint density at radius 3 is 2.22 bits per heavy atom. The lowest BCUT2D eigenvalue weighted by Gasteiger charge is -2.08. The Morgan fingerprint density at radius 1 is 1.00 bits per heavy atom. The molecule has 2 aromatic heterocycles. The van der Waals surface area contributed by atoms with Crippen molar-refractivity contribution in [1.29, 1.82) is 0 Å². The van der Waals surface area contributed by atoms with Crippen LogP contribution in [0.4, 0.5) is 10.1 Å². The number of fused-ring (bicyclic) bond motifs is 1. The lowest BCUT2D eigenvalue weighted by atomic mass is 10.1. The number of ether oxygens (including phenoxy) is 2. The van der Waals surface area contributed by atoms with Gasteiger partial charge in [-0.2, -0.15) is 0 Å². The second kappa shape index (κ2) is 7.24. The molecule has 0 radical (unpaired) electrons. The molecule has 0 spiro atoms. The van der Waals surface area contributed by atoms with E-state index < -0.39 is 23.7 Å². The molecule has 138 valence electrons. The van der Waals surface area contributed by atoms with Crippen LogP contribution in [0.2, 0.25) is 0 Å². The zero-order valence-corrected chi connectivity index (χ0v) is 14.4. The number of carbonyl (C=O) groups excluding carboxylic acids is 3. The number of pyridine rings is 1. The summed E-state index contributed by atoms with van der Waals surface area (Å²) in [5, 5.41) is 2.55. The molecule has 1 N–H and O–H groups in total. The van der Waals surface area contributed by atoms with E-state index >= 15 is 0 Å². The molecule has 0 unspecified atom stereocenters. The lowest BCUT2D eigenvalue weighted by molar-refractivity contribution is 0.0599. The summed E-state index contributed by atoms with van der Waals surface area (Å²) in [6.45, 7) is 0. The number of halogens is 1. The van der Waals surface area contributed by atoms with E-state index in [-0.39, 0.29) is 22.5 Å². The van der Waals surface area contributed by atoms with Crippen LogP contribution in [0, 0.1) is 5.82 Å². The van der Waals surface area contributed by atoms with E-state index in [1.54, 1.807) is 0 Å². The van der Waals surface area contributed by atoms with E-state index in [0.717, 1.165) is 0 Å². The molecule has 0 saturated carbocycles. The molecule has 0 atom stereocenters. The molecule has 1 aromatic carbocycles. The van der Waals surface area contributed by atoms with Gasteiger partial charge >= 0.3 is 11.9 Å². The van der Waals surface area contributed by atoms with Gasteiger partial charge < -0.3 is 19.2 Å². The van der Waals surface area contributed by atoms with Crippen LogP contribution in [0.25, 0.3) is 5.65 Å². The average molecular weight is 371 g/mol. The van der Waals surface area contributed by atoms with Crippen LogP contribution >= 0.6 is 0 Å². The summed E-state index contributed by atoms with van der Waals surface area (Å²) in [6, 6.07) is 6.66. The first-order valence-corrected chi connectivity index (χ1v) is 7.68. The van der Waals surface area contributed by atoms with Crippen LogP contribution in [0.5, 0.6) is 0 Å². The van der Waals surface area contributed by atoms with Crippen LogP contribution in [0.15, 0.2) is 42.7 Å². The fourth-order valence-corrected chi connectivity index (χ4v) is 2.44. The molecule has 1 amide bonds. The largest absolute Gasteiger partial charge is 0.465 e. The smallest absolute Gasteiger partial charge is 0.337 e. The molecule has 27 heavy (non-hydrogen) atoms. The zero-order valence-electron chi connectivity index (χ0n) is 14.4. The van der Waals surface area contributed by atoms with Gasteiger partial charge in [-0.3, -0.25) is 4.79 Å². The fourth-order valence-electron chi connectivity index (χ4n) is 2.44. The molecular formula is C18H14FN3O5. The minimum atomic E-state index is -0.681. The van der Waals surface area contributed by atoms with E-state index in [9.17, 15) is 18.8 Å². The van der Waals surface area contributed by atoms with Crippen LogP contribution in [0.3, 0.4) is 0 Å². The number of esters is 2. The summed E-state index contributed by atoms with van der Waals surface area (Å²) in [5.41, 5.74) is 0.718. The molecule has 0 aliphatic rings. The first-order chi connectivity index (χ1) is 12.9. The number of nitrogens with one attached hydrogen (secondary N) is 1. The number of methoxy groups -OCH3 is 2. The third-order valence-electron chi connectivity index (χ3n) is 3.68. The third kappa shape index (κ3) is 3.76. The Labute approximate surface area is 152 Å². The summed E-state index contributed by atoms with van der Waals surface area (Å²) in [5.74, 6) is -2.43. The van der Waals surface area contributed by atoms with Crippen molar-refractivity contribution in [1.82, 2.24) is 9.38 Å². The number of benzene rings is 1. The van der Waals surface area contributed by atoms with E-state index in [1.807, 2.05) is 0 Å². The predicted molar refractivity (Wildman–Crippen MR) is 92.2 cm³/mol. The van der Waals surface area contributed by atoms with Gasteiger partial charge in [0.2, 0.25) is 0 Å². The maximum Gasteiger partial charge on any atom is 0.337 e. The molecule has 9 heteroatoms. The Morgan fingerprint density at radius 2 is 1.63 bits per heavy atom. The first-order valence-electron chi connectivity index (χ1n) is 7.68. The molecule has 3 rings (SSSR count). The molecular weight excluding hydrogens is 357 g/mol. The van der Waals surface area contributed by atoms with Gasteiger partial charge in [-0.05, 0) is 30.3 Å². The van der Waals surface area contributed by atoms with Gasteiger partial charge in [0.15, 0.2) is 0 Å². The maximum atomic E-state index is 13.3. The van der Waals surface area contributed by atoms with Crippen molar-refractivity contribution in [2.45, 2.75) is 0 Å². The fraction of sp³-hybridized carbons (Fsp3) is 0.111. The number of imidazole rings is 1. The molecule has 0 aliphatic carbocycles. The Kier molecular flexibility index (Phi) is 4.84. The molecule has 3 aromatic rings. The van der Waals surface area contributed by atoms with Gasteiger partial charge in [0.1, 0.15) is 17.2 Å². The molecule has 8 nitrogen and oxygen atoms in total. The Balaban J connectivity index is 1.93. The molecule has 0 aliphatic heterocycles. The van der Waals surface area contributed by atoms with Gasteiger partial charge in [-0.25, -0.2) is 19.0 Å². The number of carbonyl (C=O) groups is 3. The maximum absolute atomic E-state index is 13.3. The SMILES string of the molecule is COC(=O)c1cc(NC(=O)c2cn3cc(F)ccc3n2)cc(C(=O)OC)c1. The minimum Gasteiger partial charge on any atom is -0.465 e. The standard InChI is InChI=1S/C18H14FN3O5/c1-26-17(24)10-5-11(18(25)27-2)7-13(6-10)20-16(23)14-9-22-8-12(19)3-4-15(22)21-14/h3-9H,1-2H3,(H,20,23). The zero-order chi connectivity index (χ0) is 19.6. The van der Waals surface area contributed by atoms with Crippen molar-refractivity contribution < 1.29 is 28.2 Å². The molecule has 2 heterocycles. The lowest BCUT2D eigenvalue weighted by Crippen LogP contribution is -2.14. The summed E-state index contributed by atoms with van der Waals surface area (Å²) in [6.07, 6.45) is 2.55. The summed E-state index contributed by atoms with van der Waals surface area (Å²) in [4.78, 5) is 40.1. The average Bonchev–Trinajstić information content (AvgIpc) is 3.09. The Hall–Kier alpha value is -3.75. The van der Waals surface area contributed by atoms with Crippen molar-refractivity contribution in [2.75, 3.05) is 19.5 Å². The topological polar surface area (TPSA) is 99.0 Å². The van der Waals surface area contributed by atoms with Crippen molar-refractivity contribution in [3.8, 4) is 0 Å². The molecule has 0 bridgehead atoms. The van der Waals surface area contributed by atoms with E-state index in [2.05, 4.69) is 19.8 Å². The molecule has 0 saturated heterocycles. The number of nitrogens with zero attached hydrogens (tertiary/aromatic N) is 2. The number of anilines is 1. The van der Waals surface area contributed by atoms with E-state index in [1.165, 1.54) is 61.3 Å². The van der Waals surface area contributed by atoms with Gasteiger partial charge in [-0.1, -0.05) is 0 Å². The molecule has 0 fully saturated rings. The van der Waals surface area contributed by atoms with Gasteiger partial charge in [0, 0.05) is 18.1 Å². The van der Waals surface area contributed by atoms with Crippen molar-refractivity contribution in [3.05, 3.63) is 65.4 Å². The van der Waals surface area contributed by atoms with Crippen LogP contribution in [0.1, 0.15) is 31.2 Å². The minimum absolute atomic E-state index is 0.0312. The van der Waals surface area contributed by atoms with E-state index in [4.69, 9.17) is 0 Å². The number of aromatic nitrogens is 2. The number of rotatable bonds is 4. The highest BCUT2D eigenvalue weighted by Gasteiger charge is 2.17. The monoisotopic (exact) mass is 371 g/mol. The highest BCUT2D eigenvalue weighted by molar-refractivity contribution is 6.05. The number of hydrogen-bond donors (Lipinski definition) is 1. The Bertz CT molecular complexity index is 1030. The van der Waals surface area contributed by atoms with Crippen LogP contribution in [-0.2, 0) is 9.47 Å². The number of amides is 1. The van der Waals surface area contributed by atoms with Crippen molar-refractivity contribution in [3.63, 3.8) is 0 Å². The van der Waals surface area contributed by atoms with Crippen LogP contribution in [-0.4, -0.2) is 41.5 Å². The van der Waals surface area contributed by atoms with Crippen molar-refractivity contribution >= 4 is 29.2 Å². The summed E-state index contributed by atoms with van der Waals surface area (Å²) in [7, 11) is 2.39. The third-order valence-corrected chi connectivity index (χ3v) is 3.68.